The highest BCUT2D eigenvalue weighted by atomic mass is 79.9. The summed E-state index contributed by atoms with van der Waals surface area (Å²) in [5.74, 6) is -0.0181. The van der Waals surface area contributed by atoms with Gasteiger partial charge in [-0.2, -0.15) is 0 Å². The number of hydrogen-bond acceptors (Lipinski definition) is 2. The lowest BCUT2D eigenvalue weighted by molar-refractivity contribution is -0.116. The summed E-state index contributed by atoms with van der Waals surface area (Å²) in [4.78, 5) is 12.3. The van der Waals surface area contributed by atoms with Crippen molar-refractivity contribution in [1.82, 2.24) is 0 Å². The van der Waals surface area contributed by atoms with Crippen molar-refractivity contribution in [2.45, 2.75) is 22.5 Å². The van der Waals surface area contributed by atoms with Crippen molar-refractivity contribution in [3.63, 3.8) is 0 Å². The lowest BCUT2D eigenvalue weighted by Gasteiger charge is -2.09. The molecule has 0 spiro atoms. The Bertz CT molecular complexity index is 345. The zero-order valence-electron chi connectivity index (χ0n) is 8.59. The Morgan fingerprint density at radius 1 is 1.53 bits per heavy atom. The molecule has 4 heteroatoms. The standard InChI is InChI=1S/C11H12BrClOS/c1-7(14)11(13)9-3-8(6-12)4-10(5-9)15-2/h3-5,11H,6H2,1-2H3. The predicted octanol–water partition coefficient (Wildman–Crippen LogP) is 4.17. The second kappa shape index (κ2) is 5.92. The van der Waals surface area contributed by atoms with Crippen molar-refractivity contribution >= 4 is 45.1 Å². The fourth-order valence-electron chi connectivity index (χ4n) is 1.26. The Labute approximate surface area is 108 Å². The summed E-state index contributed by atoms with van der Waals surface area (Å²) in [6.45, 7) is 1.51. The molecule has 1 aromatic carbocycles. The average Bonchev–Trinajstić information content (AvgIpc) is 2.27. The second-order valence-corrected chi connectivity index (χ2v) is 5.10. The minimum absolute atomic E-state index is 0.0181. The average molecular weight is 308 g/mol. The first-order chi connectivity index (χ1) is 7.08. The molecule has 1 atom stereocenters. The van der Waals surface area contributed by atoms with Crippen molar-refractivity contribution in [2.24, 2.45) is 0 Å². The molecule has 15 heavy (non-hydrogen) atoms. The highest BCUT2D eigenvalue weighted by Gasteiger charge is 2.14. The predicted molar refractivity (Wildman–Crippen MR) is 70.1 cm³/mol. The molecule has 82 valence electrons. The number of carbonyl (C=O) groups excluding carboxylic acids is 1. The minimum atomic E-state index is -0.533. The van der Waals surface area contributed by atoms with Gasteiger partial charge < -0.3 is 0 Å². The summed E-state index contributed by atoms with van der Waals surface area (Å²) in [5.41, 5.74) is 2.02. The largest absolute Gasteiger partial charge is 0.298 e. The smallest absolute Gasteiger partial charge is 0.152 e. The summed E-state index contributed by atoms with van der Waals surface area (Å²) in [7, 11) is 0. The number of rotatable bonds is 4. The Balaban J connectivity index is 3.11. The number of halogens is 2. The van der Waals surface area contributed by atoms with Gasteiger partial charge in [0.1, 0.15) is 5.38 Å². The Morgan fingerprint density at radius 3 is 2.67 bits per heavy atom. The van der Waals surface area contributed by atoms with Gasteiger partial charge in [-0.15, -0.1) is 23.4 Å². The zero-order chi connectivity index (χ0) is 11.4. The van der Waals surface area contributed by atoms with Gasteiger partial charge in [0, 0.05) is 10.2 Å². The van der Waals surface area contributed by atoms with Gasteiger partial charge in [-0.3, -0.25) is 4.79 Å². The van der Waals surface area contributed by atoms with Gasteiger partial charge in [0.25, 0.3) is 0 Å². The molecule has 0 aliphatic carbocycles. The van der Waals surface area contributed by atoms with E-state index in [1.54, 1.807) is 11.8 Å². The summed E-state index contributed by atoms with van der Waals surface area (Å²) < 4.78 is 0. The molecule has 1 unspecified atom stereocenters. The number of thioether (sulfide) groups is 1. The third-order valence-corrected chi connectivity index (χ3v) is 3.94. The van der Waals surface area contributed by atoms with Crippen LogP contribution in [0.2, 0.25) is 0 Å². The van der Waals surface area contributed by atoms with Gasteiger partial charge in [0.15, 0.2) is 5.78 Å². The molecule has 0 radical (unpaired) electrons. The van der Waals surface area contributed by atoms with Crippen LogP contribution >= 0.6 is 39.3 Å². The fraction of sp³-hybridized carbons (Fsp3) is 0.364. The highest BCUT2D eigenvalue weighted by Crippen LogP contribution is 2.28. The molecule has 0 amide bonds. The molecule has 0 N–H and O–H groups in total. The number of alkyl halides is 2. The normalized spacial score (nSPS) is 12.5. The van der Waals surface area contributed by atoms with Crippen LogP contribution in [0.25, 0.3) is 0 Å². The summed E-state index contributed by atoms with van der Waals surface area (Å²) in [6, 6.07) is 6.02. The third-order valence-electron chi connectivity index (χ3n) is 2.03. The molecule has 0 aromatic heterocycles. The number of hydrogen-bond donors (Lipinski definition) is 0. The van der Waals surface area contributed by atoms with E-state index in [9.17, 15) is 4.79 Å². The molecule has 0 saturated carbocycles. The first-order valence-electron chi connectivity index (χ1n) is 4.46. The monoisotopic (exact) mass is 306 g/mol. The molecule has 0 saturated heterocycles. The lowest BCUT2D eigenvalue weighted by atomic mass is 10.1. The molecular weight excluding hydrogens is 296 g/mol. The van der Waals surface area contributed by atoms with Crippen LogP contribution in [-0.4, -0.2) is 12.0 Å². The maximum absolute atomic E-state index is 11.2. The van der Waals surface area contributed by atoms with E-state index in [2.05, 4.69) is 22.0 Å². The van der Waals surface area contributed by atoms with E-state index in [0.29, 0.717) is 0 Å². The maximum Gasteiger partial charge on any atom is 0.152 e. The van der Waals surface area contributed by atoms with E-state index in [-0.39, 0.29) is 5.78 Å². The quantitative estimate of drug-likeness (QED) is 0.613. The molecule has 0 aliphatic heterocycles. The highest BCUT2D eigenvalue weighted by molar-refractivity contribution is 9.08. The molecule has 0 aliphatic rings. The van der Waals surface area contributed by atoms with E-state index in [1.165, 1.54) is 6.92 Å². The van der Waals surface area contributed by atoms with Gasteiger partial charge in [0.2, 0.25) is 0 Å². The Hall–Kier alpha value is 0.01000. The maximum atomic E-state index is 11.2. The van der Waals surface area contributed by atoms with Gasteiger partial charge >= 0.3 is 0 Å². The number of carbonyl (C=O) groups is 1. The van der Waals surface area contributed by atoms with Crippen molar-refractivity contribution in [3.8, 4) is 0 Å². The molecule has 0 heterocycles. The number of benzene rings is 1. The topological polar surface area (TPSA) is 17.1 Å². The van der Waals surface area contributed by atoms with E-state index < -0.39 is 5.38 Å². The fourth-order valence-corrected chi connectivity index (χ4v) is 2.23. The lowest BCUT2D eigenvalue weighted by Crippen LogP contribution is -2.02. The van der Waals surface area contributed by atoms with E-state index in [0.717, 1.165) is 21.4 Å². The van der Waals surface area contributed by atoms with Crippen LogP contribution in [0.4, 0.5) is 0 Å². The molecular formula is C11H12BrClOS. The van der Waals surface area contributed by atoms with E-state index in [1.807, 2.05) is 18.4 Å². The molecule has 0 fully saturated rings. The van der Waals surface area contributed by atoms with Crippen LogP contribution in [0.15, 0.2) is 23.1 Å². The van der Waals surface area contributed by atoms with Crippen LogP contribution in [0.5, 0.6) is 0 Å². The van der Waals surface area contributed by atoms with Gasteiger partial charge in [-0.05, 0) is 36.4 Å². The number of Topliss-reactive ketones (excluding diaryl/α,β-unsaturated/α-hetero) is 1. The molecule has 1 nitrogen and oxygen atoms in total. The van der Waals surface area contributed by atoms with E-state index in [4.69, 9.17) is 11.6 Å². The minimum Gasteiger partial charge on any atom is -0.298 e. The van der Waals surface area contributed by atoms with Crippen LogP contribution < -0.4 is 0 Å². The third kappa shape index (κ3) is 3.51. The SMILES string of the molecule is CSc1cc(CBr)cc(C(Cl)C(C)=O)c1. The Morgan fingerprint density at radius 2 is 2.20 bits per heavy atom. The van der Waals surface area contributed by atoms with Gasteiger partial charge in [-0.25, -0.2) is 0 Å². The van der Waals surface area contributed by atoms with Crippen LogP contribution in [0.1, 0.15) is 23.4 Å². The molecule has 1 rings (SSSR count). The van der Waals surface area contributed by atoms with Crippen LogP contribution in [0, 0.1) is 0 Å². The Kier molecular flexibility index (Phi) is 5.16. The van der Waals surface area contributed by atoms with Crippen LogP contribution in [-0.2, 0) is 10.1 Å². The first kappa shape index (κ1) is 13.1. The van der Waals surface area contributed by atoms with Crippen molar-refractivity contribution < 1.29 is 4.79 Å². The van der Waals surface area contributed by atoms with Crippen LogP contribution in [0.3, 0.4) is 0 Å². The first-order valence-corrected chi connectivity index (χ1v) is 7.25. The zero-order valence-corrected chi connectivity index (χ0v) is 11.7. The van der Waals surface area contributed by atoms with Gasteiger partial charge in [-0.1, -0.05) is 22.0 Å². The summed E-state index contributed by atoms with van der Waals surface area (Å²) in [5, 5.41) is 0.241. The molecule has 1 aromatic rings. The van der Waals surface area contributed by atoms with E-state index >= 15 is 0 Å². The number of ketones is 1. The summed E-state index contributed by atoms with van der Waals surface area (Å²) in [6.07, 6.45) is 2.01. The summed E-state index contributed by atoms with van der Waals surface area (Å²) >= 11 is 11.1. The van der Waals surface area contributed by atoms with Crippen molar-refractivity contribution in [2.75, 3.05) is 6.26 Å². The molecule has 0 bridgehead atoms. The second-order valence-electron chi connectivity index (χ2n) is 3.22. The van der Waals surface area contributed by atoms with Gasteiger partial charge in [0.05, 0.1) is 0 Å². The van der Waals surface area contributed by atoms with Crippen molar-refractivity contribution in [1.29, 1.82) is 0 Å². The van der Waals surface area contributed by atoms with Crippen molar-refractivity contribution in [3.05, 3.63) is 29.3 Å².